The van der Waals surface area contributed by atoms with Crippen molar-refractivity contribution in [3.63, 3.8) is 0 Å². The maximum atomic E-state index is 12.7. The van der Waals surface area contributed by atoms with Crippen LogP contribution in [0.5, 0.6) is 11.5 Å². The topological polar surface area (TPSA) is 65.4 Å². The Morgan fingerprint density at radius 3 is 2.56 bits per heavy atom. The average Bonchev–Trinajstić information content (AvgIpc) is 3.30. The van der Waals surface area contributed by atoms with Gasteiger partial charge in [-0.1, -0.05) is 12.8 Å². The minimum Gasteiger partial charge on any atom is -0.493 e. The summed E-state index contributed by atoms with van der Waals surface area (Å²) in [5, 5.41) is 7.65. The second-order valence-corrected chi connectivity index (χ2v) is 6.80. The smallest absolute Gasteiger partial charge is 0.272 e. The molecular formula is C19H23N3O3. The van der Waals surface area contributed by atoms with Crippen LogP contribution in [0.1, 0.15) is 47.3 Å². The fourth-order valence-corrected chi connectivity index (χ4v) is 4.06. The summed E-state index contributed by atoms with van der Waals surface area (Å²) < 4.78 is 12.6. The van der Waals surface area contributed by atoms with Crippen molar-refractivity contribution in [2.75, 3.05) is 14.2 Å². The van der Waals surface area contributed by atoms with Crippen molar-refractivity contribution >= 4 is 5.91 Å². The first-order valence-electron chi connectivity index (χ1n) is 8.74. The van der Waals surface area contributed by atoms with Gasteiger partial charge in [-0.15, -0.1) is 0 Å². The van der Waals surface area contributed by atoms with Crippen LogP contribution in [0, 0.1) is 0 Å². The maximum absolute atomic E-state index is 12.7. The lowest BCUT2D eigenvalue weighted by Crippen LogP contribution is -2.33. The van der Waals surface area contributed by atoms with Crippen molar-refractivity contribution in [1.82, 2.24) is 15.1 Å². The number of aryl methyl sites for hydroxylation is 1. The molecule has 1 N–H and O–H groups in total. The summed E-state index contributed by atoms with van der Waals surface area (Å²) in [6, 6.07) is 4.25. The largest absolute Gasteiger partial charge is 0.493 e. The number of fused-ring (bicyclic) bond motifs is 3. The molecule has 0 aliphatic heterocycles. The van der Waals surface area contributed by atoms with Gasteiger partial charge < -0.3 is 14.8 Å². The van der Waals surface area contributed by atoms with E-state index in [0.717, 1.165) is 35.2 Å². The minimum absolute atomic E-state index is 0.0597. The average molecular weight is 341 g/mol. The highest BCUT2D eigenvalue weighted by Crippen LogP contribution is 2.43. The van der Waals surface area contributed by atoms with Crippen LogP contribution in [-0.2, 0) is 13.5 Å². The zero-order valence-electron chi connectivity index (χ0n) is 14.9. The van der Waals surface area contributed by atoms with E-state index in [0.29, 0.717) is 23.6 Å². The molecule has 0 radical (unpaired) electrons. The number of methoxy groups -OCH3 is 2. The Labute approximate surface area is 147 Å². The number of amides is 1. The van der Waals surface area contributed by atoms with Gasteiger partial charge in [-0.25, -0.2) is 0 Å². The van der Waals surface area contributed by atoms with Crippen molar-refractivity contribution in [2.24, 2.45) is 7.05 Å². The number of hydrogen-bond acceptors (Lipinski definition) is 4. The van der Waals surface area contributed by atoms with Gasteiger partial charge in [-0.2, -0.15) is 5.10 Å². The predicted octanol–water partition coefficient (Wildman–Crippen LogP) is 2.68. The summed E-state index contributed by atoms with van der Waals surface area (Å²) >= 11 is 0. The van der Waals surface area contributed by atoms with E-state index in [1.807, 2.05) is 19.2 Å². The Kier molecular flexibility index (Phi) is 3.90. The molecule has 6 heteroatoms. The van der Waals surface area contributed by atoms with Crippen molar-refractivity contribution in [3.8, 4) is 22.8 Å². The number of nitrogens with one attached hydrogen (secondary N) is 1. The Bertz CT molecular complexity index is 835. The Balaban J connectivity index is 1.70. The highest BCUT2D eigenvalue weighted by atomic mass is 16.5. The summed E-state index contributed by atoms with van der Waals surface area (Å²) in [4.78, 5) is 12.7. The van der Waals surface area contributed by atoms with Crippen LogP contribution in [0.3, 0.4) is 0 Å². The first-order valence-corrected chi connectivity index (χ1v) is 8.74. The third-order valence-corrected chi connectivity index (χ3v) is 5.28. The lowest BCUT2D eigenvalue weighted by atomic mass is 10.1. The van der Waals surface area contributed by atoms with E-state index < -0.39 is 0 Å². The van der Waals surface area contributed by atoms with E-state index in [9.17, 15) is 4.79 Å². The molecule has 1 saturated carbocycles. The molecule has 6 nitrogen and oxygen atoms in total. The van der Waals surface area contributed by atoms with Crippen molar-refractivity contribution < 1.29 is 14.3 Å². The molecule has 0 atom stereocenters. The molecule has 0 unspecified atom stereocenters. The summed E-state index contributed by atoms with van der Waals surface area (Å²) in [5.41, 5.74) is 4.72. The van der Waals surface area contributed by atoms with E-state index in [1.165, 1.54) is 12.8 Å². The van der Waals surface area contributed by atoms with Gasteiger partial charge in [-0.05, 0) is 30.5 Å². The molecule has 0 spiro atoms. The van der Waals surface area contributed by atoms with E-state index in [2.05, 4.69) is 10.4 Å². The predicted molar refractivity (Wildman–Crippen MR) is 94.3 cm³/mol. The van der Waals surface area contributed by atoms with Crippen LogP contribution in [0.15, 0.2) is 12.1 Å². The molecule has 25 heavy (non-hydrogen) atoms. The van der Waals surface area contributed by atoms with Gasteiger partial charge >= 0.3 is 0 Å². The van der Waals surface area contributed by atoms with Crippen molar-refractivity contribution in [3.05, 3.63) is 29.0 Å². The second-order valence-electron chi connectivity index (χ2n) is 6.80. The van der Waals surface area contributed by atoms with Gasteiger partial charge in [-0.3, -0.25) is 9.48 Å². The van der Waals surface area contributed by atoms with E-state index in [-0.39, 0.29) is 11.9 Å². The number of ether oxygens (including phenoxy) is 2. The fourth-order valence-electron chi connectivity index (χ4n) is 4.06. The van der Waals surface area contributed by atoms with Gasteiger partial charge in [0.1, 0.15) is 0 Å². The number of rotatable bonds is 4. The van der Waals surface area contributed by atoms with Crippen LogP contribution in [-0.4, -0.2) is 35.9 Å². The van der Waals surface area contributed by atoms with Crippen LogP contribution < -0.4 is 14.8 Å². The van der Waals surface area contributed by atoms with E-state index in [1.54, 1.807) is 18.9 Å². The zero-order chi connectivity index (χ0) is 17.6. The molecule has 1 aromatic heterocycles. The van der Waals surface area contributed by atoms with Crippen molar-refractivity contribution in [2.45, 2.75) is 38.1 Å². The van der Waals surface area contributed by atoms with Crippen LogP contribution in [0.2, 0.25) is 0 Å². The molecule has 1 amide bonds. The Morgan fingerprint density at radius 2 is 1.88 bits per heavy atom. The molecule has 2 aromatic rings. The summed E-state index contributed by atoms with van der Waals surface area (Å²) in [7, 11) is 5.15. The molecule has 1 aromatic carbocycles. The van der Waals surface area contributed by atoms with Gasteiger partial charge in [0.2, 0.25) is 0 Å². The van der Waals surface area contributed by atoms with Gasteiger partial charge in [0.25, 0.3) is 5.91 Å². The minimum atomic E-state index is -0.0597. The number of carbonyl (C=O) groups excluding carboxylic acids is 1. The Hall–Kier alpha value is -2.50. The van der Waals surface area contributed by atoms with Crippen molar-refractivity contribution in [1.29, 1.82) is 0 Å². The normalized spacial score (nSPS) is 15.8. The molecule has 1 fully saturated rings. The quantitative estimate of drug-likeness (QED) is 0.792. The number of nitrogens with zero attached hydrogens (tertiary/aromatic N) is 2. The van der Waals surface area contributed by atoms with Gasteiger partial charge in [0, 0.05) is 30.6 Å². The molecule has 4 rings (SSSR count). The second kappa shape index (κ2) is 6.10. The third kappa shape index (κ3) is 2.56. The lowest BCUT2D eigenvalue weighted by Gasteiger charge is -2.11. The summed E-state index contributed by atoms with van der Waals surface area (Å²) in [6.45, 7) is 0. The van der Waals surface area contributed by atoms with Crippen LogP contribution in [0.4, 0.5) is 0 Å². The first-order chi connectivity index (χ1) is 12.1. The summed E-state index contributed by atoms with van der Waals surface area (Å²) in [6.07, 6.45) is 5.20. The number of benzene rings is 1. The standard InChI is InChI=1S/C19H23N3O3/c1-22-18-13-10-16(25-3)15(24-2)9-11(13)8-14(18)17(21-22)19(23)20-12-6-4-5-7-12/h9-10,12H,4-8H2,1-3H3,(H,20,23). The highest BCUT2D eigenvalue weighted by Gasteiger charge is 2.31. The molecule has 2 aliphatic rings. The van der Waals surface area contributed by atoms with Crippen LogP contribution >= 0.6 is 0 Å². The number of carbonyl (C=O) groups is 1. The molecular weight excluding hydrogens is 318 g/mol. The highest BCUT2D eigenvalue weighted by molar-refractivity contribution is 5.97. The number of hydrogen-bond donors (Lipinski definition) is 1. The third-order valence-electron chi connectivity index (χ3n) is 5.28. The van der Waals surface area contributed by atoms with Gasteiger partial charge in [0.05, 0.1) is 19.9 Å². The first kappa shape index (κ1) is 16.0. The molecule has 1 heterocycles. The molecule has 0 saturated heterocycles. The fraction of sp³-hybridized carbons (Fsp3) is 0.474. The van der Waals surface area contributed by atoms with E-state index >= 15 is 0 Å². The monoisotopic (exact) mass is 341 g/mol. The Morgan fingerprint density at radius 1 is 1.20 bits per heavy atom. The lowest BCUT2D eigenvalue weighted by molar-refractivity contribution is 0.0931. The number of aromatic nitrogens is 2. The molecule has 132 valence electrons. The molecule has 2 aliphatic carbocycles. The SMILES string of the molecule is COc1cc2c(cc1OC)-c1c(c(C(=O)NC3CCCC3)nn1C)C2. The summed E-state index contributed by atoms with van der Waals surface area (Å²) in [5.74, 6) is 1.33. The van der Waals surface area contributed by atoms with Gasteiger partial charge in [0.15, 0.2) is 17.2 Å². The zero-order valence-corrected chi connectivity index (χ0v) is 14.9. The van der Waals surface area contributed by atoms with E-state index in [4.69, 9.17) is 9.47 Å². The maximum Gasteiger partial charge on any atom is 0.272 e. The molecule has 0 bridgehead atoms. The van der Waals surface area contributed by atoms with Crippen LogP contribution in [0.25, 0.3) is 11.3 Å².